The van der Waals surface area contributed by atoms with Crippen LogP contribution in [0.2, 0.25) is 0 Å². The minimum Gasteiger partial charge on any atom is -0.445 e. The fraction of sp³-hybridized carbons (Fsp3) is 0.231. The quantitative estimate of drug-likeness (QED) is 0.433. The van der Waals surface area contributed by atoms with Gasteiger partial charge >= 0.3 is 6.09 Å². The molecule has 1 unspecified atom stereocenters. The zero-order valence-electron chi connectivity index (χ0n) is 18.8. The van der Waals surface area contributed by atoms with Gasteiger partial charge in [0.1, 0.15) is 12.4 Å². The average Bonchev–Trinajstić information content (AvgIpc) is 3.49. The van der Waals surface area contributed by atoms with Crippen molar-refractivity contribution in [3.05, 3.63) is 84.2 Å². The van der Waals surface area contributed by atoms with Crippen molar-refractivity contribution < 1.29 is 17.9 Å². The third kappa shape index (κ3) is 4.54. The summed E-state index contributed by atoms with van der Waals surface area (Å²) in [6.07, 6.45) is 2.57. The Bertz CT molecular complexity index is 1430. The number of imidazole rings is 1. The number of hydrogen-bond donors (Lipinski definition) is 1. The molecule has 1 amide bonds. The molecule has 34 heavy (non-hydrogen) atoms. The molecule has 1 atom stereocenters. The van der Waals surface area contributed by atoms with Gasteiger partial charge in [-0.1, -0.05) is 48.5 Å². The minimum atomic E-state index is -3.23. The molecule has 0 radical (unpaired) electrons. The van der Waals surface area contributed by atoms with E-state index in [1.807, 2.05) is 48.5 Å². The van der Waals surface area contributed by atoms with Crippen LogP contribution in [0, 0.1) is 0 Å². The summed E-state index contributed by atoms with van der Waals surface area (Å²) in [6, 6.07) is 22.2. The number of fused-ring (bicyclic) bond motifs is 1. The zero-order chi connectivity index (χ0) is 23.7. The summed E-state index contributed by atoms with van der Waals surface area (Å²) in [7, 11) is -3.23. The van der Waals surface area contributed by atoms with Gasteiger partial charge in [0, 0.05) is 12.8 Å². The SMILES string of the molecule is CS(=O)(=O)c1ccc(-c2ccc3nc(C4CCCN4C(=O)OCc4ccccc4)[nH]c3c2)cc1. The van der Waals surface area contributed by atoms with E-state index in [0.717, 1.165) is 46.4 Å². The monoisotopic (exact) mass is 475 g/mol. The molecule has 0 bridgehead atoms. The van der Waals surface area contributed by atoms with Crippen LogP contribution < -0.4 is 0 Å². The lowest BCUT2D eigenvalue weighted by atomic mass is 10.1. The highest BCUT2D eigenvalue weighted by molar-refractivity contribution is 7.90. The van der Waals surface area contributed by atoms with Crippen molar-refractivity contribution in [3.8, 4) is 11.1 Å². The molecule has 0 saturated carbocycles. The van der Waals surface area contributed by atoms with Crippen molar-refractivity contribution in [2.45, 2.75) is 30.4 Å². The molecule has 1 aromatic heterocycles. The predicted molar refractivity (Wildman–Crippen MR) is 130 cm³/mol. The molecular weight excluding hydrogens is 450 g/mol. The second kappa shape index (κ2) is 8.95. The first-order chi connectivity index (χ1) is 16.4. The maximum Gasteiger partial charge on any atom is 0.410 e. The fourth-order valence-corrected chi connectivity index (χ4v) is 4.96. The number of benzene rings is 3. The van der Waals surface area contributed by atoms with Crippen LogP contribution in [0.25, 0.3) is 22.2 Å². The average molecular weight is 476 g/mol. The van der Waals surface area contributed by atoms with Crippen molar-refractivity contribution in [2.24, 2.45) is 0 Å². The van der Waals surface area contributed by atoms with Gasteiger partial charge in [0.15, 0.2) is 9.84 Å². The third-order valence-corrected chi connectivity index (χ3v) is 7.25. The van der Waals surface area contributed by atoms with E-state index in [4.69, 9.17) is 9.72 Å². The molecule has 1 aliphatic heterocycles. The van der Waals surface area contributed by atoms with Gasteiger partial charge in [0.25, 0.3) is 0 Å². The zero-order valence-corrected chi connectivity index (χ0v) is 19.6. The lowest BCUT2D eigenvalue weighted by Gasteiger charge is -2.22. The fourth-order valence-electron chi connectivity index (χ4n) is 4.33. The largest absolute Gasteiger partial charge is 0.445 e. The Kier molecular flexibility index (Phi) is 5.83. The summed E-state index contributed by atoms with van der Waals surface area (Å²) in [4.78, 5) is 22.9. The number of carbonyl (C=O) groups excluding carboxylic acids is 1. The molecule has 7 nitrogen and oxygen atoms in total. The molecule has 1 fully saturated rings. The van der Waals surface area contributed by atoms with Crippen LogP contribution in [0.5, 0.6) is 0 Å². The number of nitrogens with one attached hydrogen (secondary N) is 1. The summed E-state index contributed by atoms with van der Waals surface area (Å²) in [6.45, 7) is 0.873. The van der Waals surface area contributed by atoms with Gasteiger partial charge in [-0.2, -0.15) is 0 Å². The first kappa shape index (κ1) is 22.2. The lowest BCUT2D eigenvalue weighted by Crippen LogP contribution is -2.31. The number of hydrogen-bond acceptors (Lipinski definition) is 5. The summed E-state index contributed by atoms with van der Waals surface area (Å²) < 4.78 is 29.0. The molecule has 0 spiro atoms. The molecule has 0 aliphatic carbocycles. The number of ether oxygens (including phenoxy) is 1. The van der Waals surface area contributed by atoms with Crippen LogP contribution in [0.4, 0.5) is 4.79 Å². The smallest absolute Gasteiger partial charge is 0.410 e. The lowest BCUT2D eigenvalue weighted by molar-refractivity contribution is 0.0910. The molecule has 4 aromatic rings. The van der Waals surface area contributed by atoms with Crippen molar-refractivity contribution in [1.29, 1.82) is 0 Å². The highest BCUT2D eigenvalue weighted by Crippen LogP contribution is 2.33. The molecule has 8 heteroatoms. The van der Waals surface area contributed by atoms with E-state index >= 15 is 0 Å². The summed E-state index contributed by atoms with van der Waals surface area (Å²) >= 11 is 0. The number of aromatic amines is 1. The van der Waals surface area contributed by atoms with Crippen LogP contribution in [-0.4, -0.2) is 42.2 Å². The van der Waals surface area contributed by atoms with Gasteiger partial charge in [-0.15, -0.1) is 0 Å². The predicted octanol–water partition coefficient (Wildman–Crippen LogP) is 5.11. The maximum absolute atomic E-state index is 12.8. The van der Waals surface area contributed by atoms with Gasteiger partial charge in [0.2, 0.25) is 0 Å². The summed E-state index contributed by atoms with van der Waals surface area (Å²) in [5.41, 5.74) is 4.50. The summed E-state index contributed by atoms with van der Waals surface area (Å²) in [5.74, 6) is 0.744. The molecule has 5 rings (SSSR count). The van der Waals surface area contributed by atoms with Crippen molar-refractivity contribution in [2.75, 3.05) is 12.8 Å². The maximum atomic E-state index is 12.8. The van der Waals surface area contributed by atoms with E-state index < -0.39 is 9.84 Å². The molecule has 1 aliphatic rings. The Hall–Kier alpha value is -3.65. The van der Waals surface area contributed by atoms with Gasteiger partial charge in [-0.3, -0.25) is 4.90 Å². The normalized spacial score (nSPS) is 16.1. The molecule has 2 heterocycles. The molecule has 174 valence electrons. The van der Waals surface area contributed by atoms with E-state index in [2.05, 4.69) is 4.98 Å². The number of aromatic nitrogens is 2. The Balaban J connectivity index is 1.35. The van der Waals surface area contributed by atoms with Crippen LogP contribution in [0.3, 0.4) is 0 Å². The molecular formula is C26H25N3O4S. The number of sulfone groups is 1. The van der Waals surface area contributed by atoms with E-state index in [0.29, 0.717) is 11.4 Å². The Morgan fingerprint density at radius 1 is 1.06 bits per heavy atom. The highest BCUT2D eigenvalue weighted by atomic mass is 32.2. The number of carbonyl (C=O) groups is 1. The van der Waals surface area contributed by atoms with Crippen LogP contribution in [0.15, 0.2) is 77.7 Å². The second-order valence-electron chi connectivity index (χ2n) is 8.54. The standard InChI is InChI=1S/C26H25N3O4S/c1-34(31,32)21-12-9-19(10-13-21)20-11-14-22-23(16-20)28-25(27-22)24-8-5-15-29(24)26(30)33-17-18-6-3-2-4-7-18/h2-4,6-7,9-14,16,24H,5,8,15,17H2,1H3,(H,27,28). The van der Waals surface area contributed by atoms with E-state index in [1.54, 1.807) is 29.2 Å². The first-order valence-electron chi connectivity index (χ1n) is 11.2. The summed E-state index contributed by atoms with van der Waals surface area (Å²) in [5, 5.41) is 0. The number of rotatable bonds is 5. The van der Waals surface area contributed by atoms with E-state index in [9.17, 15) is 13.2 Å². The van der Waals surface area contributed by atoms with Crippen molar-refractivity contribution >= 4 is 27.0 Å². The van der Waals surface area contributed by atoms with Crippen LogP contribution in [-0.2, 0) is 21.2 Å². The molecule has 3 aromatic carbocycles. The van der Waals surface area contributed by atoms with Crippen molar-refractivity contribution in [3.63, 3.8) is 0 Å². The topological polar surface area (TPSA) is 92.4 Å². The molecule has 1 saturated heterocycles. The number of amides is 1. The number of H-pyrrole nitrogens is 1. The van der Waals surface area contributed by atoms with Gasteiger partial charge in [0.05, 0.1) is 22.0 Å². The first-order valence-corrected chi connectivity index (χ1v) is 13.0. The number of nitrogens with zero attached hydrogens (tertiary/aromatic N) is 2. The molecule has 1 N–H and O–H groups in total. The van der Waals surface area contributed by atoms with Gasteiger partial charge < -0.3 is 9.72 Å². The Labute approximate surface area is 198 Å². The minimum absolute atomic E-state index is 0.159. The van der Waals surface area contributed by atoms with Crippen LogP contribution in [0.1, 0.15) is 30.3 Å². The second-order valence-corrected chi connectivity index (χ2v) is 10.6. The third-order valence-electron chi connectivity index (χ3n) is 6.12. The van der Waals surface area contributed by atoms with Gasteiger partial charge in [-0.25, -0.2) is 18.2 Å². The Morgan fingerprint density at radius 3 is 2.53 bits per heavy atom. The van der Waals surface area contributed by atoms with E-state index in [1.165, 1.54) is 6.26 Å². The van der Waals surface area contributed by atoms with Crippen molar-refractivity contribution in [1.82, 2.24) is 14.9 Å². The highest BCUT2D eigenvalue weighted by Gasteiger charge is 2.33. The van der Waals surface area contributed by atoms with Crippen LogP contribution >= 0.6 is 0 Å². The van der Waals surface area contributed by atoms with Gasteiger partial charge in [-0.05, 0) is 53.8 Å². The van der Waals surface area contributed by atoms with E-state index in [-0.39, 0.29) is 18.7 Å². The Morgan fingerprint density at radius 2 is 1.79 bits per heavy atom. The number of likely N-dealkylation sites (tertiary alicyclic amines) is 1.